The molecule has 0 heterocycles. The molecule has 0 radical (unpaired) electrons. The lowest BCUT2D eigenvalue weighted by atomic mass is 10.1. The van der Waals surface area contributed by atoms with Crippen LogP contribution in [-0.2, 0) is 11.4 Å². The highest BCUT2D eigenvalue weighted by atomic mass is 16.7. The molecular weight excluding hydrogens is 394 g/mol. The molecule has 0 aliphatic heterocycles. The molecule has 0 saturated heterocycles. The summed E-state index contributed by atoms with van der Waals surface area (Å²) in [6.07, 6.45) is 0. The largest absolute Gasteiger partial charge is 0.494 e. The van der Waals surface area contributed by atoms with Gasteiger partial charge in [0.25, 0.3) is 0 Å². The molecular formula is C24H25N3O4. The van der Waals surface area contributed by atoms with E-state index in [1.165, 1.54) is 0 Å². The second-order valence-corrected chi connectivity index (χ2v) is 6.77. The van der Waals surface area contributed by atoms with Gasteiger partial charge in [0, 0.05) is 11.3 Å². The molecule has 3 aromatic rings. The molecule has 3 aromatic carbocycles. The van der Waals surface area contributed by atoms with E-state index in [1.54, 1.807) is 36.4 Å². The highest BCUT2D eigenvalue weighted by Gasteiger charge is 2.11. The van der Waals surface area contributed by atoms with Crippen molar-refractivity contribution in [2.75, 3.05) is 12.3 Å². The zero-order valence-electron chi connectivity index (χ0n) is 17.5. The number of nitrogen functional groups attached to an aromatic ring is 1. The van der Waals surface area contributed by atoms with E-state index in [2.05, 4.69) is 5.16 Å². The van der Waals surface area contributed by atoms with Gasteiger partial charge < -0.3 is 25.8 Å². The maximum atomic E-state index is 12.4. The Morgan fingerprint density at radius 2 is 1.65 bits per heavy atom. The zero-order valence-corrected chi connectivity index (χ0v) is 17.5. The standard InChI is InChI=1S/C24H25N3O4/c1-3-29-19-10-12-20(13-11-19)30-15-17-6-4-7-18(14-17)24(28)31-27-23(26)21-8-5-9-22(25)16(21)2/h4-14H,3,15,25H2,1-2H3,(H2,26,27). The van der Waals surface area contributed by atoms with Crippen LogP contribution in [0.5, 0.6) is 11.5 Å². The summed E-state index contributed by atoms with van der Waals surface area (Å²) in [4.78, 5) is 17.4. The smallest absolute Gasteiger partial charge is 0.365 e. The molecule has 7 nitrogen and oxygen atoms in total. The number of amidine groups is 1. The number of nitrogens with two attached hydrogens (primary N) is 2. The summed E-state index contributed by atoms with van der Waals surface area (Å²) < 4.78 is 11.2. The summed E-state index contributed by atoms with van der Waals surface area (Å²) in [5.41, 5.74) is 15.0. The van der Waals surface area contributed by atoms with E-state index in [0.717, 1.165) is 16.9 Å². The van der Waals surface area contributed by atoms with Gasteiger partial charge in [0.05, 0.1) is 12.2 Å². The number of carbonyl (C=O) groups is 1. The first-order valence-corrected chi connectivity index (χ1v) is 9.82. The third kappa shape index (κ3) is 5.76. The number of oxime groups is 1. The van der Waals surface area contributed by atoms with Crippen molar-refractivity contribution in [1.82, 2.24) is 0 Å². The fraction of sp³-hybridized carbons (Fsp3) is 0.167. The molecule has 0 aromatic heterocycles. The predicted octanol–water partition coefficient (Wildman–Crippen LogP) is 4.03. The van der Waals surface area contributed by atoms with Crippen molar-refractivity contribution >= 4 is 17.5 Å². The second kappa shape index (κ2) is 10.2. The van der Waals surface area contributed by atoms with Gasteiger partial charge in [-0.05, 0) is 67.4 Å². The van der Waals surface area contributed by atoms with Gasteiger partial charge in [0.15, 0.2) is 5.84 Å². The van der Waals surface area contributed by atoms with E-state index < -0.39 is 5.97 Å². The minimum atomic E-state index is -0.618. The Morgan fingerprint density at radius 3 is 2.35 bits per heavy atom. The second-order valence-electron chi connectivity index (χ2n) is 6.77. The average molecular weight is 419 g/mol. The molecule has 31 heavy (non-hydrogen) atoms. The Morgan fingerprint density at radius 1 is 0.968 bits per heavy atom. The lowest BCUT2D eigenvalue weighted by Crippen LogP contribution is -2.17. The molecule has 4 N–H and O–H groups in total. The van der Waals surface area contributed by atoms with Crippen LogP contribution in [0.25, 0.3) is 0 Å². The van der Waals surface area contributed by atoms with Gasteiger partial charge in [0.2, 0.25) is 0 Å². The summed E-state index contributed by atoms with van der Waals surface area (Å²) in [5, 5.41) is 3.77. The van der Waals surface area contributed by atoms with Crippen molar-refractivity contribution in [3.63, 3.8) is 0 Å². The fourth-order valence-corrected chi connectivity index (χ4v) is 2.88. The molecule has 0 fully saturated rings. The Bertz CT molecular complexity index is 1080. The Hall–Kier alpha value is -4.00. The van der Waals surface area contributed by atoms with Gasteiger partial charge in [-0.1, -0.05) is 29.4 Å². The van der Waals surface area contributed by atoms with Crippen LogP contribution in [0.2, 0.25) is 0 Å². The molecule has 0 amide bonds. The lowest BCUT2D eigenvalue weighted by Gasteiger charge is -2.09. The first-order chi connectivity index (χ1) is 15.0. The van der Waals surface area contributed by atoms with Crippen molar-refractivity contribution < 1.29 is 19.1 Å². The normalized spacial score (nSPS) is 11.1. The molecule has 0 bridgehead atoms. The number of carbonyl (C=O) groups excluding carboxylic acids is 1. The fourth-order valence-electron chi connectivity index (χ4n) is 2.88. The molecule has 160 valence electrons. The molecule has 0 aliphatic carbocycles. The van der Waals surface area contributed by atoms with Crippen LogP contribution in [0.4, 0.5) is 5.69 Å². The van der Waals surface area contributed by atoms with E-state index in [9.17, 15) is 4.79 Å². The quantitative estimate of drug-likeness (QED) is 0.188. The third-order valence-corrected chi connectivity index (χ3v) is 4.58. The zero-order chi connectivity index (χ0) is 22.2. The Balaban J connectivity index is 1.62. The van der Waals surface area contributed by atoms with Gasteiger partial charge >= 0.3 is 5.97 Å². The molecule has 0 unspecified atom stereocenters. The predicted molar refractivity (Wildman–Crippen MR) is 120 cm³/mol. The van der Waals surface area contributed by atoms with E-state index in [0.29, 0.717) is 35.8 Å². The van der Waals surface area contributed by atoms with Crippen molar-refractivity contribution in [2.24, 2.45) is 10.9 Å². The average Bonchev–Trinajstić information content (AvgIpc) is 2.79. The lowest BCUT2D eigenvalue weighted by molar-refractivity contribution is 0.0516. The van der Waals surface area contributed by atoms with Gasteiger partial charge in [-0.2, -0.15) is 0 Å². The van der Waals surface area contributed by atoms with Crippen LogP contribution in [0.3, 0.4) is 0 Å². The molecule has 0 saturated carbocycles. The SMILES string of the molecule is CCOc1ccc(OCc2cccc(C(=O)O/N=C(\N)c3cccc(N)c3C)c2)cc1. The minimum absolute atomic E-state index is 0.0770. The summed E-state index contributed by atoms with van der Waals surface area (Å²) >= 11 is 0. The van der Waals surface area contributed by atoms with Gasteiger partial charge in [0.1, 0.15) is 18.1 Å². The van der Waals surface area contributed by atoms with E-state index in [4.69, 9.17) is 25.8 Å². The van der Waals surface area contributed by atoms with Crippen molar-refractivity contribution in [2.45, 2.75) is 20.5 Å². The van der Waals surface area contributed by atoms with Crippen LogP contribution < -0.4 is 20.9 Å². The molecule has 3 rings (SSSR count). The van der Waals surface area contributed by atoms with Gasteiger partial charge in [-0.15, -0.1) is 0 Å². The van der Waals surface area contributed by atoms with Crippen LogP contribution in [-0.4, -0.2) is 18.4 Å². The van der Waals surface area contributed by atoms with Crippen molar-refractivity contribution in [3.05, 3.63) is 89.0 Å². The summed E-state index contributed by atoms with van der Waals surface area (Å²) in [6.45, 7) is 4.66. The number of nitrogens with zero attached hydrogens (tertiary/aromatic N) is 1. The minimum Gasteiger partial charge on any atom is -0.494 e. The molecule has 0 aliphatic rings. The van der Waals surface area contributed by atoms with Crippen molar-refractivity contribution in [3.8, 4) is 11.5 Å². The van der Waals surface area contributed by atoms with Gasteiger partial charge in [-0.25, -0.2) is 4.79 Å². The van der Waals surface area contributed by atoms with E-state index in [-0.39, 0.29) is 5.84 Å². The van der Waals surface area contributed by atoms with E-state index in [1.807, 2.05) is 44.2 Å². The summed E-state index contributed by atoms with van der Waals surface area (Å²) in [6, 6.07) is 19.6. The highest BCUT2D eigenvalue weighted by Crippen LogP contribution is 2.19. The topological polar surface area (TPSA) is 109 Å². The maximum Gasteiger partial charge on any atom is 0.365 e. The van der Waals surface area contributed by atoms with Crippen LogP contribution >= 0.6 is 0 Å². The summed E-state index contributed by atoms with van der Waals surface area (Å²) in [5.74, 6) is 0.944. The third-order valence-electron chi connectivity index (χ3n) is 4.58. The number of hydrogen-bond acceptors (Lipinski definition) is 6. The number of anilines is 1. The van der Waals surface area contributed by atoms with Crippen LogP contribution in [0, 0.1) is 6.92 Å². The maximum absolute atomic E-state index is 12.4. The van der Waals surface area contributed by atoms with Crippen LogP contribution in [0.15, 0.2) is 71.9 Å². The number of hydrogen-bond donors (Lipinski definition) is 2. The Labute approximate surface area is 181 Å². The van der Waals surface area contributed by atoms with E-state index >= 15 is 0 Å². The molecule has 7 heteroatoms. The first kappa shape index (κ1) is 21.7. The highest BCUT2D eigenvalue weighted by molar-refractivity contribution is 6.00. The molecule has 0 spiro atoms. The number of ether oxygens (including phenoxy) is 2. The monoisotopic (exact) mass is 419 g/mol. The van der Waals surface area contributed by atoms with Crippen LogP contribution in [0.1, 0.15) is 34.0 Å². The molecule has 0 atom stereocenters. The summed E-state index contributed by atoms with van der Waals surface area (Å²) in [7, 11) is 0. The first-order valence-electron chi connectivity index (χ1n) is 9.82. The number of benzene rings is 3. The Kier molecular flexibility index (Phi) is 7.11. The van der Waals surface area contributed by atoms with Gasteiger partial charge in [-0.3, -0.25) is 0 Å². The number of rotatable bonds is 8. The van der Waals surface area contributed by atoms with Crippen molar-refractivity contribution in [1.29, 1.82) is 0 Å².